The SMILES string of the molecule is Cc1ccc(OCCSCC(C)N)cc1. The van der Waals surface area contributed by atoms with E-state index in [1.165, 1.54) is 5.56 Å². The highest BCUT2D eigenvalue weighted by Crippen LogP contribution is 2.12. The molecule has 0 aliphatic heterocycles. The van der Waals surface area contributed by atoms with Crippen LogP contribution in [0.15, 0.2) is 24.3 Å². The molecule has 1 aromatic carbocycles. The van der Waals surface area contributed by atoms with E-state index in [4.69, 9.17) is 10.5 Å². The average molecular weight is 225 g/mol. The molecular formula is C12H19NOS. The van der Waals surface area contributed by atoms with Gasteiger partial charge in [0.15, 0.2) is 0 Å². The largest absolute Gasteiger partial charge is 0.493 e. The van der Waals surface area contributed by atoms with Crippen molar-refractivity contribution in [2.75, 3.05) is 18.1 Å². The lowest BCUT2D eigenvalue weighted by molar-refractivity contribution is 0.344. The van der Waals surface area contributed by atoms with Crippen LogP contribution in [0.2, 0.25) is 0 Å². The minimum atomic E-state index is 0.273. The molecule has 0 aliphatic carbocycles. The average Bonchev–Trinajstić information content (AvgIpc) is 2.20. The minimum absolute atomic E-state index is 0.273. The van der Waals surface area contributed by atoms with Crippen LogP contribution in [0, 0.1) is 6.92 Å². The molecule has 15 heavy (non-hydrogen) atoms. The van der Waals surface area contributed by atoms with Crippen molar-refractivity contribution in [2.24, 2.45) is 5.73 Å². The standard InChI is InChI=1S/C12H19NOS/c1-10-3-5-12(6-4-10)14-7-8-15-9-11(2)13/h3-6,11H,7-9,13H2,1-2H3. The molecule has 0 fully saturated rings. The summed E-state index contributed by atoms with van der Waals surface area (Å²) in [6, 6.07) is 8.40. The monoisotopic (exact) mass is 225 g/mol. The normalized spacial score (nSPS) is 12.5. The lowest BCUT2D eigenvalue weighted by atomic mass is 10.2. The molecule has 0 aliphatic rings. The smallest absolute Gasteiger partial charge is 0.119 e. The summed E-state index contributed by atoms with van der Waals surface area (Å²) in [5.41, 5.74) is 6.90. The van der Waals surface area contributed by atoms with Crippen LogP contribution >= 0.6 is 11.8 Å². The molecule has 0 saturated carbocycles. The molecule has 0 amide bonds. The lowest BCUT2D eigenvalue weighted by Gasteiger charge is -2.07. The summed E-state index contributed by atoms with van der Waals surface area (Å²) in [5.74, 6) is 2.94. The molecule has 0 bridgehead atoms. The number of thioether (sulfide) groups is 1. The highest BCUT2D eigenvalue weighted by atomic mass is 32.2. The van der Waals surface area contributed by atoms with E-state index in [9.17, 15) is 0 Å². The van der Waals surface area contributed by atoms with Crippen molar-refractivity contribution < 1.29 is 4.74 Å². The van der Waals surface area contributed by atoms with Crippen LogP contribution in [0.3, 0.4) is 0 Å². The second kappa shape index (κ2) is 6.75. The van der Waals surface area contributed by atoms with E-state index in [0.717, 1.165) is 23.9 Å². The van der Waals surface area contributed by atoms with Gasteiger partial charge in [-0.15, -0.1) is 0 Å². The van der Waals surface area contributed by atoms with Crippen molar-refractivity contribution in [3.63, 3.8) is 0 Å². The molecule has 1 aromatic rings. The summed E-state index contributed by atoms with van der Waals surface area (Å²) in [6.07, 6.45) is 0. The Balaban J connectivity index is 2.12. The minimum Gasteiger partial charge on any atom is -0.493 e. The predicted octanol–water partition coefficient (Wildman–Crippen LogP) is 2.45. The van der Waals surface area contributed by atoms with Crippen LogP contribution < -0.4 is 10.5 Å². The van der Waals surface area contributed by atoms with Gasteiger partial charge in [-0.2, -0.15) is 11.8 Å². The fourth-order valence-electron chi connectivity index (χ4n) is 1.12. The Labute approximate surface area is 96.2 Å². The number of aryl methyl sites for hydroxylation is 1. The molecule has 0 radical (unpaired) electrons. The number of rotatable bonds is 6. The Kier molecular flexibility index (Phi) is 5.58. The van der Waals surface area contributed by atoms with Gasteiger partial charge in [-0.1, -0.05) is 17.7 Å². The number of benzene rings is 1. The maximum atomic E-state index is 5.64. The fraction of sp³-hybridized carbons (Fsp3) is 0.500. The van der Waals surface area contributed by atoms with Gasteiger partial charge < -0.3 is 10.5 Å². The van der Waals surface area contributed by atoms with Crippen LogP contribution in [0.4, 0.5) is 0 Å². The molecule has 0 saturated heterocycles. The van der Waals surface area contributed by atoms with Gasteiger partial charge in [0, 0.05) is 17.5 Å². The predicted molar refractivity (Wildman–Crippen MR) is 67.6 cm³/mol. The summed E-state index contributed by atoms with van der Waals surface area (Å²) >= 11 is 1.83. The molecule has 1 atom stereocenters. The highest BCUT2D eigenvalue weighted by molar-refractivity contribution is 7.99. The fourth-order valence-corrected chi connectivity index (χ4v) is 1.86. The Morgan fingerprint density at radius 1 is 1.33 bits per heavy atom. The van der Waals surface area contributed by atoms with E-state index in [-0.39, 0.29) is 6.04 Å². The van der Waals surface area contributed by atoms with Crippen molar-refractivity contribution in [1.29, 1.82) is 0 Å². The molecular weight excluding hydrogens is 206 g/mol. The van der Waals surface area contributed by atoms with Crippen LogP contribution in [0.5, 0.6) is 5.75 Å². The first-order valence-corrected chi connectivity index (χ1v) is 6.37. The van der Waals surface area contributed by atoms with Gasteiger partial charge in [0.1, 0.15) is 5.75 Å². The number of hydrogen-bond acceptors (Lipinski definition) is 3. The van der Waals surface area contributed by atoms with Crippen molar-refractivity contribution in [2.45, 2.75) is 19.9 Å². The zero-order valence-corrected chi connectivity index (χ0v) is 10.2. The first-order valence-electron chi connectivity index (χ1n) is 5.21. The summed E-state index contributed by atoms with van der Waals surface area (Å²) in [5, 5.41) is 0. The van der Waals surface area contributed by atoms with Gasteiger partial charge in [-0.25, -0.2) is 0 Å². The molecule has 0 aromatic heterocycles. The van der Waals surface area contributed by atoms with E-state index in [2.05, 4.69) is 19.1 Å². The van der Waals surface area contributed by atoms with Gasteiger partial charge >= 0.3 is 0 Å². The Morgan fingerprint density at radius 3 is 2.60 bits per heavy atom. The number of nitrogens with two attached hydrogens (primary N) is 1. The van der Waals surface area contributed by atoms with Crippen molar-refractivity contribution >= 4 is 11.8 Å². The zero-order valence-electron chi connectivity index (χ0n) is 9.40. The van der Waals surface area contributed by atoms with Gasteiger partial charge in [-0.05, 0) is 26.0 Å². The first-order chi connectivity index (χ1) is 7.18. The first kappa shape index (κ1) is 12.4. The van der Waals surface area contributed by atoms with Crippen LogP contribution in [-0.2, 0) is 0 Å². The summed E-state index contributed by atoms with van der Waals surface area (Å²) in [6.45, 7) is 4.84. The topological polar surface area (TPSA) is 35.2 Å². The molecule has 84 valence electrons. The van der Waals surface area contributed by atoms with Crippen molar-refractivity contribution in [3.05, 3.63) is 29.8 Å². The van der Waals surface area contributed by atoms with Crippen molar-refractivity contribution in [3.8, 4) is 5.75 Å². The molecule has 1 unspecified atom stereocenters. The van der Waals surface area contributed by atoms with Crippen LogP contribution in [-0.4, -0.2) is 24.2 Å². The van der Waals surface area contributed by atoms with E-state index >= 15 is 0 Å². The molecule has 2 N–H and O–H groups in total. The lowest BCUT2D eigenvalue weighted by Crippen LogP contribution is -2.18. The van der Waals surface area contributed by atoms with E-state index in [1.807, 2.05) is 30.8 Å². The van der Waals surface area contributed by atoms with E-state index in [1.54, 1.807) is 0 Å². The van der Waals surface area contributed by atoms with Crippen molar-refractivity contribution in [1.82, 2.24) is 0 Å². The van der Waals surface area contributed by atoms with Gasteiger partial charge in [0.2, 0.25) is 0 Å². The highest BCUT2D eigenvalue weighted by Gasteiger charge is 1.96. The Morgan fingerprint density at radius 2 is 2.00 bits per heavy atom. The van der Waals surface area contributed by atoms with Crippen LogP contribution in [0.1, 0.15) is 12.5 Å². The summed E-state index contributed by atoms with van der Waals surface area (Å²) in [7, 11) is 0. The van der Waals surface area contributed by atoms with Gasteiger partial charge in [-0.3, -0.25) is 0 Å². The maximum absolute atomic E-state index is 5.64. The third-order valence-corrected chi connectivity index (χ3v) is 3.11. The molecule has 2 nitrogen and oxygen atoms in total. The van der Waals surface area contributed by atoms with Gasteiger partial charge in [0.05, 0.1) is 6.61 Å². The maximum Gasteiger partial charge on any atom is 0.119 e. The Bertz CT molecular complexity index is 271. The summed E-state index contributed by atoms with van der Waals surface area (Å²) in [4.78, 5) is 0. The second-order valence-corrected chi connectivity index (χ2v) is 4.86. The second-order valence-electron chi connectivity index (χ2n) is 3.71. The van der Waals surface area contributed by atoms with E-state index < -0.39 is 0 Å². The molecule has 3 heteroatoms. The number of ether oxygens (including phenoxy) is 1. The third-order valence-electron chi connectivity index (χ3n) is 1.90. The third kappa shape index (κ3) is 5.70. The van der Waals surface area contributed by atoms with Gasteiger partial charge in [0.25, 0.3) is 0 Å². The van der Waals surface area contributed by atoms with E-state index in [0.29, 0.717) is 0 Å². The molecule has 0 spiro atoms. The quantitative estimate of drug-likeness (QED) is 0.755. The summed E-state index contributed by atoms with van der Waals surface area (Å²) < 4.78 is 5.58. The van der Waals surface area contributed by atoms with Crippen LogP contribution in [0.25, 0.3) is 0 Å². The molecule has 0 heterocycles. The zero-order chi connectivity index (χ0) is 11.1. The molecule has 1 rings (SSSR count). The number of hydrogen-bond donors (Lipinski definition) is 1. The Hall–Kier alpha value is -0.670.